The lowest BCUT2D eigenvalue weighted by molar-refractivity contribution is 0.0355. The number of carbonyl (C=O) groups is 2. The van der Waals surface area contributed by atoms with Gasteiger partial charge in [0.1, 0.15) is 10.6 Å². The highest BCUT2D eigenvalue weighted by atomic mass is 32.2. The molecule has 0 aliphatic heterocycles. The van der Waals surface area contributed by atoms with E-state index in [0.717, 1.165) is 11.1 Å². The zero-order valence-electron chi connectivity index (χ0n) is 17.6. The predicted octanol–water partition coefficient (Wildman–Crippen LogP) is 3.09. The first-order valence-electron chi connectivity index (χ1n) is 9.29. The summed E-state index contributed by atoms with van der Waals surface area (Å²) in [6, 6.07) is 10.3. The highest BCUT2D eigenvalue weighted by molar-refractivity contribution is 7.86. The summed E-state index contributed by atoms with van der Waals surface area (Å²) in [6.45, 7) is 6.94. The van der Waals surface area contributed by atoms with E-state index in [1.165, 1.54) is 25.3 Å². The smallest absolute Gasteiger partial charge is 0.295 e. The summed E-state index contributed by atoms with van der Waals surface area (Å²) in [5.41, 5.74) is 2.45. The minimum Gasteiger partial charge on any atom is -0.496 e. The SMILES string of the molecule is CCc1c(OC)cccc1C(=O)NN(C(=O)c1ccccc1S(=O)(=O)O)C(C)(C)C. The maximum absolute atomic E-state index is 13.2. The largest absolute Gasteiger partial charge is 0.496 e. The molecule has 0 radical (unpaired) electrons. The molecule has 8 nitrogen and oxygen atoms in total. The fourth-order valence-electron chi connectivity index (χ4n) is 3.01. The van der Waals surface area contributed by atoms with Crippen LogP contribution in [0.1, 0.15) is 54.0 Å². The number of hydrazine groups is 1. The Morgan fingerprint density at radius 3 is 2.20 bits per heavy atom. The van der Waals surface area contributed by atoms with Crippen molar-refractivity contribution in [2.24, 2.45) is 0 Å². The first-order chi connectivity index (χ1) is 13.9. The minimum absolute atomic E-state index is 0.253. The van der Waals surface area contributed by atoms with Crippen LogP contribution in [0.4, 0.5) is 0 Å². The first-order valence-corrected chi connectivity index (χ1v) is 10.7. The number of benzene rings is 2. The Balaban J connectivity index is 2.50. The zero-order valence-corrected chi connectivity index (χ0v) is 18.4. The van der Waals surface area contributed by atoms with Crippen molar-refractivity contribution in [3.8, 4) is 5.75 Å². The molecule has 0 aromatic heterocycles. The predicted molar refractivity (Wildman–Crippen MR) is 112 cm³/mol. The quantitative estimate of drug-likeness (QED) is 0.552. The summed E-state index contributed by atoms with van der Waals surface area (Å²) in [4.78, 5) is 25.7. The molecule has 0 fully saturated rings. The Hall–Kier alpha value is -2.91. The summed E-state index contributed by atoms with van der Waals surface area (Å²) in [6.07, 6.45) is 0.530. The lowest BCUT2D eigenvalue weighted by Crippen LogP contribution is -2.56. The molecule has 0 saturated heterocycles. The monoisotopic (exact) mass is 434 g/mol. The fraction of sp³-hybridized carbons (Fsp3) is 0.333. The minimum atomic E-state index is -4.63. The Morgan fingerprint density at radius 2 is 1.67 bits per heavy atom. The lowest BCUT2D eigenvalue weighted by atomic mass is 10.0. The van der Waals surface area contributed by atoms with Gasteiger partial charge >= 0.3 is 0 Å². The van der Waals surface area contributed by atoms with Crippen LogP contribution in [-0.4, -0.2) is 42.4 Å². The van der Waals surface area contributed by atoms with Crippen LogP contribution >= 0.6 is 0 Å². The van der Waals surface area contributed by atoms with Crippen LogP contribution < -0.4 is 10.2 Å². The molecular weight excluding hydrogens is 408 g/mol. The van der Waals surface area contributed by atoms with Gasteiger partial charge in [0.25, 0.3) is 21.9 Å². The van der Waals surface area contributed by atoms with Crippen molar-refractivity contribution < 1.29 is 27.3 Å². The van der Waals surface area contributed by atoms with Crippen molar-refractivity contribution in [1.29, 1.82) is 0 Å². The van der Waals surface area contributed by atoms with Gasteiger partial charge in [-0.15, -0.1) is 0 Å². The van der Waals surface area contributed by atoms with E-state index in [4.69, 9.17) is 4.74 Å². The molecule has 0 aliphatic carbocycles. The van der Waals surface area contributed by atoms with Crippen LogP contribution in [0, 0.1) is 0 Å². The van der Waals surface area contributed by atoms with Gasteiger partial charge in [-0.2, -0.15) is 8.42 Å². The number of nitrogens with zero attached hydrogens (tertiary/aromatic N) is 1. The maximum Gasteiger partial charge on any atom is 0.295 e. The fourth-order valence-corrected chi connectivity index (χ4v) is 3.69. The van der Waals surface area contributed by atoms with Gasteiger partial charge in [-0.25, -0.2) is 5.01 Å². The van der Waals surface area contributed by atoms with Crippen LogP contribution in [0.3, 0.4) is 0 Å². The van der Waals surface area contributed by atoms with Crippen LogP contribution in [0.2, 0.25) is 0 Å². The molecule has 2 N–H and O–H groups in total. The summed E-state index contributed by atoms with van der Waals surface area (Å²) >= 11 is 0. The molecule has 0 atom stereocenters. The second-order valence-electron chi connectivity index (χ2n) is 7.56. The summed E-state index contributed by atoms with van der Waals surface area (Å²) in [5.74, 6) is -0.765. The molecular formula is C21H26N2O6S. The first kappa shape index (κ1) is 23.4. The van der Waals surface area contributed by atoms with E-state index in [0.29, 0.717) is 23.3 Å². The Labute approximate surface area is 176 Å². The molecule has 2 aromatic rings. The van der Waals surface area contributed by atoms with Gasteiger partial charge in [0.15, 0.2) is 0 Å². The topological polar surface area (TPSA) is 113 Å². The average molecular weight is 435 g/mol. The van der Waals surface area contributed by atoms with Gasteiger partial charge in [-0.3, -0.25) is 19.6 Å². The Morgan fingerprint density at radius 1 is 1.07 bits per heavy atom. The van der Waals surface area contributed by atoms with Crippen molar-refractivity contribution in [2.45, 2.75) is 44.6 Å². The van der Waals surface area contributed by atoms with Crippen LogP contribution in [-0.2, 0) is 16.5 Å². The standard InChI is InChI=1S/C21H26N2O6S/c1-6-14-15(11-9-12-17(14)29-5)19(24)22-23(21(2,3)4)20(25)16-10-7-8-13-18(16)30(26,27)28/h7-13H,6H2,1-5H3,(H,22,24)(H,26,27,28). The van der Waals surface area contributed by atoms with Gasteiger partial charge in [-0.05, 0) is 51.5 Å². The normalized spacial score (nSPS) is 11.7. The van der Waals surface area contributed by atoms with Crippen LogP contribution in [0.5, 0.6) is 5.75 Å². The molecule has 162 valence electrons. The third kappa shape index (κ3) is 4.98. The van der Waals surface area contributed by atoms with Crippen LogP contribution in [0.25, 0.3) is 0 Å². The number of ether oxygens (including phenoxy) is 1. The average Bonchev–Trinajstić information content (AvgIpc) is 2.69. The molecule has 0 saturated carbocycles. The Kier molecular flexibility index (Phi) is 6.89. The third-order valence-corrected chi connectivity index (χ3v) is 5.35. The van der Waals surface area contributed by atoms with Gasteiger partial charge in [0.2, 0.25) is 0 Å². The number of hydrogen-bond acceptors (Lipinski definition) is 5. The molecule has 0 bridgehead atoms. The maximum atomic E-state index is 13.2. The molecule has 2 rings (SSSR count). The molecule has 0 unspecified atom stereocenters. The highest BCUT2D eigenvalue weighted by Crippen LogP contribution is 2.25. The summed E-state index contributed by atoms with van der Waals surface area (Å²) in [7, 11) is -3.13. The third-order valence-electron chi connectivity index (χ3n) is 4.43. The number of carbonyl (C=O) groups excluding carboxylic acids is 2. The van der Waals surface area contributed by atoms with Gasteiger partial charge in [0.05, 0.1) is 18.2 Å². The number of rotatable bonds is 5. The molecule has 0 heterocycles. The van der Waals surface area contributed by atoms with Crippen molar-refractivity contribution in [3.63, 3.8) is 0 Å². The molecule has 2 amide bonds. The van der Waals surface area contributed by atoms with E-state index in [9.17, 15) is 22.6 Å². The van der Waals surface area contributed by atoms with Gasteiger partial charge in [0, 0.05) is 11.1 Å². The van der Waals surface area contributed by atoms with E-state index >= 15 is 0 Å². The van der Waals surface area contributed by atoms with Crippen molar-refractivity contribution in [2.75, 3.05) is 7.11 Å². The lowest BCUT2D eigenvalue weighted by Gasteiger charge is -2.36. The molecule has 9 heteroatoms. The zero-order chi connectivity index (χ0) is 22.7. The second kappa shape index (κ2) is 8.85. The van der Waals surface area contributed by atoms with E-state index in [1.807, 2.05) is 6.92 Å². The van der Waals surface area contributed by atoms with Crippen molar-refractivity contribution in [3.05, 3.63) is 59.2 Å². The Bertz CT molecular complexity index is 1060. The van der Waals surface area contributed by atoms with E-state index in [-0.39, 0.29) is 5.56 Å². The molecule has 0 spiro atoms. The molecule has 0 aliphatic rings. The number of hydrogen-bond donors (Lipinski definition) is 2. The molecule has 2 aromatic carbocycles. The van der Waals surface area contributed by atoms with Crippen molar-refractivity contribution in [1.82, 2.24) is 10.4 Å². The van der Waals surface area contributed by atoms with Crippen LogP contribution in [0.15, 0.2) is 47.4 Å². The summed E-state index contributed by atoms with van der Waals surface area (Å²) in [5, 5.41) is 1.05. The van der Waals surface area contributed by atoms with Gasteiger partial charge in [-0.1, -0.05) is 25.1 Å². The summed E-state index contributed by atoms with van der Waals surface area (Å²) < 4.78 is 38.2. The van der Waals surface area contributed by atoms with Gasteiger partial charge < -0.3 is 4.74 Å². The van der Waals surface area contributed by atoms with Crippen molar-refractivity contribution >= 4 is 21.9 Å². The second-order valence-corrected chi connectivity index (χ2v) is 8.95. The number of nitrogens with one attached hydrogen (secondary N) is 1. The van der Waals surface area contributed by atoms with E-state index in [2.05, 4.69) is 5.43 Å². The van der Waals surface area contributed by atoms with E-state index < -0.39 is 32.4 Å². The number of amides is 2. The molecule has 30 heavy (non-hydrogen) atoms. The highest BCUT2D eigenvalue weighted by Gasteiger charge is 2.33. The number of methoxy groups -OCH3 is 1. The van der Waals surface area contributed by atoms with E-state index in [1.54, 1.807) is 39.0 Å².